The molecule has 4 heteroatoms. The molecule has 21 heavy (non-hydrogen) atoms. The first kappa shape index (κ1) is 14.4. The average Bonchev–Trinajstić information content (AvgIpc) is 3.38. The fourth-order valence-corrected chi connectivity index (χ4v) is 3.63. The van der Waals surface area contributed by atoms with Crippen molar-refractivity contribution in [3.05, 3.63) is 29.8 Å². The molecule has 0 bridgehead atoms. The Balaban J connectivity index is 1.92. The summed E-state index contributed by atoms with van der Waals surface area (Å²) in [5, 5.41) is 0. The molecule has 1 aromatic carbocycles. The largest absolute Gasteiger partial charge is 0.497 e. The lowest BCUT2D eigenvalue weighted by Crippen LogP contribution is -2.40. The summed E-state index contributed by atoms with van der Waals surface area (Å²) in [6.07, 6.45) is 1.83. The van der Waals surface area contributed by atoms with E-state index in [4.69, 9.17) is 14.2 Å². The Bertz CT molecular complexity index is 544. The van der Waals surface area contributed by atoms with Crippen molar-refractivity contribution in [1.82, 2.24) is 0 Å². The fourth-order valence-electron chi connectivity index (χ4n) is 3.63. The smallest absolute Gasteiger partial charge is 0.341 e. The van der Waals surface area contributed by atoms with Gasteiger partial charge in [-0.3, -0.25) is 0 Å². The van der Waals surface area contributed by atoms with Crippen LogP contribution in [0.25, 0.3) is 0 Å². The summed E-state index contributed by atoms with van der Waals surface area (Å²) in [5.41, 5.74) is 0.128. The van der Waals surface area contributed by atoms with Gasteiger partial charge in [-0.15, -0.1) is 0 Å². The van der Waals surface area contributed by atoms with Gasteiger partial charge in [0.05, 0.1) is 14.2 Å². The minimum Gasteiger partial charge on any atom is -0.497 e. The molecule has 4 nitrogen and oxygen atoms in total. The molecule has 2 aliphatic rings. The molecule has 0 N–H and O–H groups in total. The van der Waals surface area contributed by atoms with E-state index in [1.54, 1.807) is 7.11 Å². The van der Waals surface area contributed by atoms with E-state index in [1.807, 2.05) is 24.3 Å². The SMILES string of the molecule is COC(=O)[C@]1(C2(C(C)C)CC2)O[C@@H]1c1ccc(OC)cc1. The molecular formula is C17H22O4. The van der Waals surface area contributed by atoms with Crippen LogP contribution in [-0.4, -0.2) is 25.8 Å². The number of benzene rings is 1. The Morgan fingerprint density at radius 1 is 1.24 bits per heavy atom. The molecule has 0 spiro atoms. The Hall–Kier alpha value is -1.55. The van der Waals surface area contributed by atoms with Crippen LogP contribution in [0.2, 0.25) is 0 Å². The zero-order chi connectivity index (χ0) is 15.3. The first-order valence-electron chi connectivity index (χ1n) is 7.42. The zero-order valence-corrected chi connectivity index (χ0v) is 13.0. The summed E-state index contributed by atoms with van der Waals surface area (Å²) in [6.45, 7) is 4.31. The summed E-state index contributed by atoms with van der Waals surface area (Å²) in [4.78, 5) is 12.4. The van der Waals surface area contributed by atoms with E-state index in [2.05, 4.69) is 13.8 Å². The average molecular weight is 290 g/mol. The quantitative estimate of drug-likeness (QED) is 0.617. The number of ether oxygens (including phenoxy) is 3. The van der Waals surface area contributed by atoms with Crippen LogP contribution in [0.5, 0.6) is 5.75 Å². The Morgan fingerprint density at radius 2 is 1.86 bits per heavy atom. The fraction of sp³-hybridized carbons (Fsp3) is 0.588. The van der Waals surface area contributed by atoms with E-state index in [0.717, 1.165) is 24.2 Å². The monoisotopic (exact) mass is 290 g/mol. The van der Waals surface area contributed by atoms with E-state index in [-0.39, 0.29) is 17.5 Å². The van der Waals surface area contributed by atoms with Gasteiger partial charge in [-0.1, -0.05) is 26.0 Å². The molecular weight excluding hydrogens is 268 g/mol. The summed E-state index contributed by atoms with van der Waals surface area (Å²) >= 11 is 0. The number of epoxide rings is 1. The molecule has 1 aliphatic heterocycles. The molecule has 0 unspecified atom stereocenters. The van der Waals surface area contributed by atoms with E-state index in [1.165, 1.54) is 7.11 Å². The zero-order valence-electron chi connectivity index (χ0n) is 13.0. The predicted octanol–water partition coefficient (Wildman–Crippen LogP) is 3.11. The standard InChI is InChI=1S/C17H22O4/c1-11(2)16(9-10-16)17(15(18)20-4)14(21-17)12-5-7-13(19-3)8-6-12/h5-8,11,14H,9-10H2,1-4H3/t14-,17-/m1/s1. The Morgan fingerprint density at radius 3 is 2.29 bits per heavy atom. The number of hydrogen-bond donors (Lipinski definition) is 0. The third kappa shape index (κ3) is 1.89. The molecule has 1 saturated heterocycles. The van der Waals surface area contributed by atoms with Gasteiger partial charge in [-0.2, -0.15) is 0 Å². The van der Waals surface area contributed by atoms with Crippen molar-refractivity contribution in [3.8, 4) is 5.75 Å². The highest BCUT2D eigenvalue weighted by Gasteiger charge is 2.79. The first-order valence-corrected chi connectivity index (χ1v) is 7.42. The second kappa shape index (κ2) is 4.73. The van der Waals surface area contributed by atoms with Crippen molar-refractivity contribution < 1.29 is 19.0 Å². The minimum atomic E-state index is -0.801. The Labute approximate surface area is 125 Å². The van der Waals surface area contributed by atoms with Crippen LogP contribution < -0.4 is 4.74 Å². The molecule has 2 fully saturated rings. The maximum absolute atomic E-state index is 12.4. The number of methoxy groups -OCH3 is 2. The molecule has 1 saturated carbocycles. The normalized spacial score (nSPS) is 29.1. The maximum Gasteiger partial charge on any atom is 0.341 e. The van der Waals surface area contributed by atoms with Gasteiger partial charge in [0.1, 0.15) is 11.9 Å². The molecule has 1 aromatic rings. The first-order chi connectivity index (χ1) is 10.0. The highest BCUT2D eigenvalue weighted by Crippen LogP contribution is 2.72. The lowest BCUT2D eigenvalue weighted by atomic mass is 9.76. The summed E-state index contributed by atoms with van der Waals surface area (Å²) in [7, 11) is 3.08. The van der Waals surface area contributed by atoms with Gasteiger partial charge in [-0.05, 0) is 36.5 Å². The van der Waals surface area contributed by atoms with Crippen LogP contribution in [0.4, 0.5) is 0 Å². The van der Waals surface area contributed by atoms with Crippen molar-refractivity contribution >= 4 is 5.97 Å². The molecule has 1 aliphatic carbocycles. The third-order valence-corrected chi connectivity index (χ3v) is 5.16. The topological polar surface area (TPSA) is 48.1 Å². The number of carbonyl (C=O) groups is 1. The van der Waals surface area contributed by atoms with Gasteiger partial charge < -0.3 is 14.2 Å². The van der Waals surface area contributed by atoms with Crippen molar-refractivity contribution in [3.63, 3.8) is 0 Å². The molecule has 0 radical (unpaired) electrons. The second-order valence-corrected chi connectivity index (χ2v) is 6.31. The predicted molar refractivity (Wildman–Crippen MR) is 78.1 cm³/mol. The highest BCUT2D eigenvalue weighted by molar-refractivity contribution is 5.86. The molecule has 1 heterocycles. The molecule has 0 aromatic heterocycles. The van der Waals surface area contributed by atoms with Crippen LogP contribution in [-0.2, 0) is 14.3 Å². The number of esters is 1. The maximum atomic E-state index is 12.4. The van der Waals surface area contributed by atoms with Gasteiger partial charge in [-0.25, -0.2) is 4.79 Å². The van der Waals surface area contributed by atoms with E-state index in [9.17, 15) is 4.79 Å². The summed E-state index contributed by atoms with van der Waals surface area (Å²) in [5.74, 6) is 0.947. The van der Waals surface area contributed by atoms with Crippen molar-refractivity contribution in [2.75, 3.05) is 14.2 Å². The van der Waals surface area contributed by atoms with E-state index >= 15 is 0 Å². The van der Waals surface area contributed by atoms with Crippen LogP contribution >= 0.6 is 0 Å². The third-order valence-electron chi connectivity index (χ3n) is 5.16. The van der Waals surface area contributed by atoms with Gasteiger partial charge in [0.25, 0.3) is 0 Å². The number of rotatable bonds is 5. The van der Waals surface area contributed by atoms with Crippen LogP contribution in [0.15, 0.2) is 24.3 Å². The van der Waals surface area contributed by atoms with Crippen LogP contribution in [0, 0.1) is 11.3 Å². The second-order valence-electron chi connectivity index (χ2n) is 6.31. The Kier molecular flexibility index (Phi) is 3.24. The van der Waals surface area contributed by atoms with Crippen LogP contribution in [0.3, 0.4) is 0 Å². The van der Waals surface area contributed by atoms with Crippen molar-refractivity contribution in [2.24, 2.45) is 11.3 Å². The van der Waals surface area contributed by atoms with Gasteiger partial charge >= 0.3 is 5.97 Å². The van der Waals surface area contributed by atoms with E-state index < -0.39 is 5.60 Å². The van der Waals surface area contributed by atoms with Crippen LogP contribution in [0.1, 0.15) is 38.4 Å². The lowest BCUT2D eigenvalue weighted by molar-refractivity contribution is -0.151. The van der Waals surface area contributed by atoms with E-state index in [0.29, 0.717) is 5.92 Å². The molecule has 2 atom stereocenters. The molecule has 0 amide bonds. The number of hydrogen-bond acceptors (Lipinski definition) is 4. The summed E-state index contributed by atoms with van der Waals surface area (Å²) < 4.78 is 16.2. The molecule has 3 rings (SSSR count). The summed E-state index contributed by atoms with van der Waals surface area (Å²) in [6, 6.07) is 7.72. The number of carbonyl (C=O) groups excluding carboxylic acids is 1. The highest BCUT2D eigenvalue weighted by atomic mass is 16.7. The minimum absolute atomic E-state index is 0.0787. The van der Waals surface area contributed by atoms with Gasteiger partial charge in [0.2, 0.25) is 5.60 Å². The van der Waals surface area contributed by atoms with Gasteiger partial charge in [0, 0.05) is 5.41 Å². The lowest BCUT2D eigenvalue weighted by Gasteiger charge is -2.26. The molecule has 114 valence electrons. The van der Waals surface area contributed by atoms with Crippen molar-refractivity contribution in [1.29, 1.82) is 0 Å². The van der Waals surface area contributed by atoms with Gasteiger partial charge in [0.15, 0.2) is 0 Å². The van der Waals surface area contributed by atoms with Crippen molar-refractivity contribution in [2.45, 2.75) is 38.4 Å².